The van der Waals surface area contributed by atoms with Crippen LogP contribution in [0.3, 0.4) is 0 Å². The number of nitrogens with zero attached hydrogens (tertiary/aromatic N) is 3. The minimum atomic E-state index is 0.447. The first kappa shape index (κ1) is 7.71. The maximum atomic E-state index is 9.79. The summed E-state index contributed by atoms with van der Waals surface area (Å²) in [6.45, 7) is 2.71. The van der Waals surface area contributed by atoms with Gasteiger partial charge in [0.05, 0.1) is 13.6 Å². The topological polar surface area (TPSA) is 47.5 Å². The van der Waals surface area contributed by atoms with Crippen molar-refractivity contribution in [3.63, 3.8) is 0 Å². The van der Waals surface area contributed by atoms with Crippen molar-refractivity contribution >= 4 is 0 Å². The van der Waals surface area contributed by atoms with Crippen molar-refractivity contribution in [3.05, 3.63) is 17.3 Å². The molecule has 0 spiro atoms. The normalized spacial score (nSPS) is 9.64. The first-order valence-corrected chi connectivity index (χ1v) is 3.34. The molecule has 0 atom stereocenters. The van der Waals surface area contributed by atoms with Crippen molar-refractivity contribution < 1.29 is 9.40 Å². The maximum Gasteiger partial charge on any atom is 0.484 e. The lowest BCUT2D eigenvalue weighted by atomic mass is 10.7. The Kier molecular flexibility index (Phi) is 2.20. The van der Waals surface area contributed by atoms with Crippen molar-refractivity contribution in [2.45, 2.75) is 13.5 Å². The Morgan fingerprint density at radius 1 is 1.82 bits per heavy atom. The van der Waals surface area contributed by atoms with E-state index in [0.29, 0.717) is 6.01 Å². The van der Waals surface area contributed by atoms with Gasteiger partial charge in [0.25, 0.3) is 0 Å². The van der Waals surface area contributed by atoms with Gasteiger partial charge in [-0.3, -0.25) is 0 Å². The van der Waals surface area contributed by atoms with Gasteiger partial charge in [-0.05, 0) is 6.92 Å². The predicted octanol–water partition coefficient (Wildman–Crippen LogP) is 0.393. The van der Waals surface area contributed by atoms with Crippen LogP contribution in [0.4, 0.5) is 0 Å². The van der Waals surface area contributed by atoms with Gasteiger partial charge >= 0.3 is 6.01 Å². The van der Waals surface area contributed by atoms with E-state index < -0.39 is 0 Å². The molecule has 1 aromatic heterocycles. The quantitative estimate of drug-likeness (QED) is 0.361. The van der Waals surface area contributed by atoms with Crippen LogP contribution in [0.25, 0.3) is 0 Å². The van der Waals surface area contributed by atoms with E-state index in [1.54, 1.807) is 22.4 Å². The van der Waals surface area contributed by atoms with Gasteiger partial charge in [-0.1, -0.05) is 0 Å². The summed E-state index contributed by atoms with van der Waals surface area (Å²) in [6.07, 6.45) is 3.62. The van der Waals surface area contributed by atoms with E-state index in [9.17, 15) is 4.91 Å². The molecule has 11 heavy (non-hydrogen) atoms. The van der Waals surface area contributed by atoms with Crippen LogP contribution in [0.2, 0.25) is 0 Å². The lowest BCUT2D eigenvalue weighted by molar-refractivity contribution is -0.677. The highest BCUT2D eigenvalue weighted by atomic mass is 16.7. The standard InChI is InChI=1S/C6H10N3O2/c1-3-9-5-4-8(2)6(9)11-7-10/h4-5H,3H2,1-2H3/q+1. The zero-order valence-electron chi connectivity index (χ0n) is 6.52. The van der Waals surface area contributed by atoms with Crippen molar-refractivity contribution in [2.75, 3.05) is 0 Å². The monoisotopic (exact) mass is 156 g/mol. The number of aryl methyl sites for hydroxylation is 2. The lowest BCUT2D eigenvalue weighted by Crippen LogP contribution is -2.27. The van der Waals surface area contributed by atoms with E-state index in [4.69, 9.17) is 0 Å². The molecule has 0 aromatic carbocycles. The van der Waals surface area contributed by atoms with Crippen LogP contribution in [0, 0.1) is 4.91 Å². The molecule has 5 heteroatoms. The summed E-state index contributed by atoms with van der Waals surface area (Å²) in [4.78, 5) is 14.3. The summed E-state index contributed by atoms with van der Waals surface area (Å²) < 4.78 is 3.46. The van der Waals surface area contributed by atoms with Gasteiger partial charge in [0.1, 0.15) is 12.4 Å². The first-order chi connectivity index (χ1) is 5.29. The Morgan fingerprint density at radius 3 is 3.09 bits per heavy atom. The second kappa shape index (κ2) is 3.14. The van der Waals surface area contributed by atoms with E-state index in [-0.39, 0.29) is 0 Å². The third-order valence-corrected chi connectivity index (χ3v) is 1.48. The smallest absolute Gasteiger partial charge is 0.243 e. The fourth-order valence-corrected chi connectivity index (χ4v) is 0.901. The van der Waals surface area contributed by atoms with E-state index in [2.05, 4.69) is 10.2 Å². The predicted molar refractivity (Wildman–Crippen MR) is 37.7 cm³/mol. The molecule has 0 bridgehead atoms. The van der Waals surface area contributed by atoms with Crippen molar-refractivity contribution in [1.82, 2.24) is 4.57 Å². The number of aromatic nitrogens is 2. The molecule has 0 fully saturated rings. The molecule has 0 aliphatic rings. The minimum Gasteiger partial charge on any atom is -0.243 e. The summed E-state index contributed by atoms with van der Waals surface area (Å²) in [7, 11) is 1.78. The molecule has 1 rings (SSSR count). The van der Waals surface area contributed by atoms with Gasteiger partial charge in [-0.15, -0.1) is 4.91 Å². The highest BCUT2D eigenvalue weighted by Gasteiger charge is 2.14. The van der Waals surface area contributed by atoms with E-state index >= 15 is 0 Å². The second-order valence-corrected chi connectivity index (χ2v) is 2.14. The summed E-state index contributed by atoms with van der Waals surface area (Å²) in [5, 5.41) is 2.36. The largest absolute Gasteiger partial charge is 0.484 e. The van der Waals surface area contributed by atoms with Gasteiger partial charge in [0.2, 0.25) is 0 Å². The van der Waals surface area contributed by atoms with Crippen LogP contribution in [-0.4, -0.2) is 4.57 Å². The summed E-state index contributed by atoms with van der Waals surface area (Å²) in [5.41, 5.74) is 0. The molecule has 1 aromatic rings. The lowest BCUT2D eigenvalue weighted by Gasteiger charge is -1.91. The first-order valence-electron chi connectivity index (χ1n) is 3.34. The van der Waals surface area contributed by atoms with Crippen LogP contribution in [0.5, 0.6) is 6.01 Å². The van der Waals surface area contributed by atoms with Crippen LogP contribution in [0.1, 0.15) is 6.92 Å². The molecule has 0 N–H and O–H groups in total. The van der Waals surface area contributed by atoms with Crippen LogP contribution in [0.15, 0.2) is 17.7 Å². The van der Waals surface area contributed by atoms with Crippen LogP contribution in [-0.2, 0) is 13.6 Å². The molecule has 60 valence electrons. The van der Waals surface area contributed by atoms with Crippen LogP contribution < -0.4 is 9.40 Å². The molecule has 0 radical (unpaired) electrons. The number of hydrogen-bond acceptors (Lipinski definition) is 3. The second-order valence-electron chi connectivity index (χ2n) is 2.14. The SMILES string of the molecule is CCn1cc[n+](C)c1ON=O. The average molecular weight is 156 g/mol. The molecular weight excluding hydrogens is 146 g/mol. The van der Waals surface area contributed by atoms with Gasteiger partial charge in [-0.25, -0.2) is 4.84 Å². The Labute approximate surface area is 64.1 Å². The van der Waals surface area contributed by atoms with E-state index in [1.807, 2.05) is 13.1 Å². The number of rotatable bonds is 3. The highest BCUT2D eigenvalue weighted by molar-refractivity contribution is 4.87. The third-order valence-electron chi connectivity index (χ3n) is 1.48. The number of imidazole rings is 1. The van der Waals surface area contributed by atoms with Gasteiger partial charge in [0, 0.05) is 0 Å². The molecule has 0 aliphatic heterocycles. The summed E-state index contributed by atoms with van der Waals surface area (Å²) in [6, 6.07) is 0.447. The number of hydrogen-bond donors (Lipinski definition) is 0. The molecule has 1 heterocycles. The van der Waals surface area contributed by atoms with Crippen molar-refractivity contribution in [1.29, 1.82) is 0 Å². The maximum absolute atomic E-state index is 9.79. The van der Waals surface area contributed by atoms with Gasteiger partial charge < -0.3 is 0 Å². The Balaban J connectivity index is 2.96. The molecular formula is C6H10N3O2+. The average Bonchev–Trinajstić information content (AvgIpc) is 2.34. The van der Waals surface area contributed by atoms with Crippen molar-refractivity contribution in [3.8, 4) is 6.01 Å². The summed E-state index contributed by atoms with van der Waals surface area (Å²) >= 11 is 0. The molecule has 0 saturated heterocycles. The Hall–Kier alpha value is -1.39. The summed E-state index contributed by atoms with van der Waals surface area (Å²) in [5.74, 6) is 0. The van der Waals surface area contributed by atoms with Crippen molar-refractivity contribution in [2.24, 2.45) is 12.4 Å². The van der Waals surface area contributed by atoms with E-state index in [1.165, 1.54) is 0 Å². The van der Waals surface area contributed by atoms with E-state index in [0.717, 1.165) is 6.54 Å². The third kappa shape index (κ3) is 1.36. The zero-order chi connectivity index (χ0) is 8.27. The van der Waals surface area contributed by atoms with Gasteiger partial charge in [-0.2, -0.15) is 9.13 Å². The van der Waals surface area contributed by atoms with Gasteiger partial charge in [0.15, 0.2) is 5.34 Å². The molecule has 0 unspecified atom stereocenters. The fourth-order valence-electron chi connectivity index (χ4n) is 0.901. The highest BCUT2D eigenvalue weighted by Crippen LogP contribution is 2.03. The fraction of sp³-hybridized carbons (Fsp3) is 0.500. The molecule has 0 aliphatic carbocycles. The van der Waals surface area contributed by atoms with Crippen LogP contribution >= 0.6 is 0 Å². The minimum absolute atomic E-state index is 0.447. The molecule has 5 nitrogen and oxygen atoms in total. The molecule has 0 saturated carbocycles. The Morgan fingerprint density at radius 2 is 2.55 bits per heavy atom. The molecule has 0 amide bonds. The zero-order valence-corrected chi connectivity index (χ0v) is 6.52. The Bertz CT molecular complexity index is 256.